The molecule has 0 saturated carbocycles. The summed E-state index contributed by atoms with van der Waals surface area (Å²) in [5.74, 6) is 1.14. The molecule has 0 aliphatic carbocycles. The summed E-state index contributed by atoms with van der Waals surface area (Å²) in [6, 6.07) is 34.3. The average Bonchev–Trinajstić information content (AvgIpc) is 3.56. The van der Waals surface area contributed by atoms with Gasteiger partial charge in [-0.25, -0.2) is 4.79 Å². The molecule has 0 spiro atoms. The van der Waals surface area contributed by atoms with Crippen molar-refractivity contribution in [3.63, 3.8) is 0 Å². The van der Waals surface area contributed by atoms with Gasteiger partial charge in [-0.3, -0.25) is 9.69 Å². The second kappa shape index (κ2) is 17.2. The third-order valence-corrected chi connectivity index (χ3v) is 15.9. The highest BCUT2D eigenvalue weighted by atomic mass is 28.4. The number of hydrogen-bond donors (Lipinski definition) is 1. The fourth-order valence-electron chi connectivity index (χ4n) is 7.07. The maximum Gasteiger partial charge on any atom is 0.327 e. The predicted octanol–water partition coefficient (Wildman–Crippen LogP) is 7.78. The summed E-state index contributed by atoms with van der Waals surface area (Å²) in [4.78, 5) is 30.2. The third kappa shape index (κ3) is 8.51. The van der Waals surface area contributed by atoms with Crippen LogP contribution in [0.2, 0.25) is 18.1 Å². The van der Waals surface area contributed by atoms with Gasteiger partial charge < -0.3 is 38.3 Å². The summed E-state index contributed by atoms with van der Waals surface area (Å²) in [5.41, 5.74) is 2.03. The highest BCUT2D eigenvalue weighted by molar-refractivity contribution is 6.74. The molecule has 4 aromatic carbocycles. The van der Waals surface area contributed by atoms with E-state index in [2.05, 4.69) is 39.2 Å². The van der Waals surface area contributed by atoms with E-state index in [1.54, 1.807) is 64.9 Å². The van der Waals surface area contributed by atoms with Crippen LogP contribution in [0.15, 0.2) is 121 Å². The van der Waals surface area contributed by atoms with Crippen LogP contribution in [0.3, 0.4) is 0 Å². The topological polar surface area (TPSA) is 108 Å². The molecule has 2 aliphatic rings. The van der Waals surface area contributed by atoms with Crippen LogP contribution < -0.4 is 14.8 Å². The van der Waals surface area contributed by atoms with Crippen molar-refractivity contribution in [3.05, 3.63) is 144 Å². The van der Waals surface area contributed by atoms with Crippen molar-refractivity contribution < 1.29 is 37.7 Å². The van der Waals surface area contributed by atoms with Gasteiger partial charge in [0, 0.05) is 25.9 Å². The highest BCUT2D eigenvalue weighted by Crippen LogP contribution is 2.45. The lowest BCUT2D eigenvalue weighted by Crippen LogP contribution is -2.58. The van der Waals surface area contributed by atoms with Crippen LogP contribution in [-0.4, -0.2) is 95.7 Å². The molecule has 3 amide bonds. The minimum Gasteiger partial charge on any atom is -0.497 e. The molecule has 2 aliphatic heterocycles. The fourth-order valence-corrected chi connectivity index (χ4v) is 8.39. The molecule has 4 aromatic rings. The molecule has 11 nitrogen and oxygen atoms in total. The zero-order chi connectivity index (χ0) is 41.0. The van der Waals surface area contributed by atoms with Crippen LogP contribution in [-0.2, 0) is 24.2 Å². The zero-order valence-electron chi connectivity index (χ0n) is 34.3. The van der Waals surface area contributed by atoms with E-state index < -0.39 is 44.6 Å². The van der Waals surface area contributed by atoms with Gasteiger partial charge in [0.25, 0.3) is 5.91 Å². The molecule has 0 unspecified atom stereocenters. The van der Waals surface area contributed by atoms with Crippen LogP contribution in [0, 0.1) is 0 Å². The normalized spacial score (nSPS) is 21.4. The lowest BCUT2D eigenvalue weighted by molar-refractivity contribution is -0.103. The number of urea groups is 1. The van der Waals surface area contributed by atoms with Gasteiger partial charge in [-0.1, -0.05) is 93.6 Å². The first-order valence-corrected chi connectivity index (χ1v) is 22.1. The summed E-state index contributed by atoms with van der Waals surface area (Å²) >= 11 is 0. The second-order valence-electron chi connectivity index (χ2n) is 15.9. The Labute approximate surface area is 337 Å². The number of rotatable bonds is 14. The minimum atomic E-state index is -2.45. The molecular formula is C45H55N3O8Si. The van der Waals surface area contributed by atoms with Crippen molar-refractivity contribution >= 4 is 20.3 Å². The highest BCUT2D eigenvalue weighted by Gasteiger charge is 2.54. The Morgan fingerprint density at radius 2 is 1.30 bits per heavy atom. The van der Waals surface area contributed by atoms with Crippen molar-refractivity contribution in [3.8, 4) is 11.5 Å². The first kappa shape index (κ1) is 41.6. The lowest BCUT2D eigenvalue weighted by Gasteiger charge is -2.41. The molecule has 1 N–H and O–H groups in total. The Bertz CT molecular complexity index is 1940. The SMILES string of the molecule is COc1ccc(C(OC[C@H]2O[C@@H](N3C=C[C@H](NC(=O)c4ccccc4)N(C)C3=O)[C@H](OC)[C@H]2O[Si](C)(C)C(C)(C)C)(c2ccccc2)c2ccc(OC)cc2)cc1. The van der Waals surface area contributed by atoms with Gasteiger partial charge in [0.15, 0.2) is 14.5 Å². The molecule has 0 aromatic heterocycles. The smallest absolute Gasteiger partial charge is 0.327 e. The standard InChI is InChI=1S/C45H55N3O8Si/c1-44(2,3)57(8,9)56-39-37(55-42(40(39)53-7)48-29-28-38(47(4)43(48)50)46-41(49)31-16-12-10-13-17-31)30-54-45(32-18-14-11-15-19-32,33-20-24-35(51-5)25-21-33)34-22-26-36(52-6)27-23-34/h10-29,37-40,42H,30H2,1-9H3,(H,46,49)/t37-,38-,39+,40-,42-/m1/s1. The molecule has 12 heteroatoms. The van der Waals surface area contributed by atoms with E-state index in [1.807, 2.05) is 84.9 Å². The van der Waals surface area contributed by atoms with E-state index in [0.29, 0.717) is 17.1 Å². The molecule has 0 radical (unpaired) electrons. The Morgan fingerprint density at radius 3 is 1.81 bits per heavy atom. The number of amides is 3. The minimum absolute atomic E-state index is 0.0694. The first-order chi connectivity index (χ1) is 27.2. The van der Waals surface area contributed by atoms with Crippen molar-refractivity contribution in [2.45, 2.75) is 75.2 Å². The van der Waals surface area contributed by atoms with Gasteiger partial charge in [-0.05, 0) is 77.3 Å². The van der Waals surface area contributed by atoms with Crippen molar-refractivity contribution in [1.29, 1.82) is 0 Å². The molecule has 2 heterocycles. The molecular weight excluding hydrogens is 739 g/mol. The van der Waals surface area contributed by atoms with Gasteiger partial charge in [-0.2, -0.15) is 0 Å². The first-order valence-electron chi connectivity index (χ1n) is 19.2. The molecule has 1 fully saturated rings. The van der Waals surface area contributed by atoms with Crippen molar-refractivity contribution in [2.24, 2.45) is 0 Å². The molecule has 57 heavy (non-hydrogen) atoms. The van der Waals surface area contributed by atoms with Crippen LogP contribution in [0.4, 0.5) is 4.79 Å². The summed E-state index contributed by atoms with van der Waals surface area (Å²) in [6.45, 7) is 11.0. The molecule has 0 bridgehead atoms. The van der Waals surface area contributed by atoms with Crippen LogP contribution in [0.1, 0.15) is 47.8 Å². The maximum absolute atomic E-state index is 14.2. The summed E-state index contributed by atoms with van der Waals surface area (Å²) in [6.07, 6.45) is -0.0900. The van der Waals surface area contributed by atoms with Gasteiger partial charge in [0.1, 0.15) is 41.6 Å². The van der Waals surface area contributed by atoms with Crippen LogP contribution in [0.25, 0.3) is 0 Å². The lowest BCUT2D eigenvalue weighted by atomic mass is 9.80. The maximum atomic E-state index is 14.2. The fraction of sp³-hybridized carbons (Fsp3) is 0.378. The Morgan fingerprint density at radius 1 is 0.772 bits per heavy atom. The van der Waals surface area contributed by atoms with E-state index >= 15 is 0 Å². The third-order valence-electron chi connectivity index (χ3n) is 11.4. The molecule has 1 saturated heterocycles. The van der Waals surface area contributed by atoms with E-state index in [9.17, 15) is 9.59 Å². The number of likely N-dealkylation sites (N-methyl/N-ethyl adjacent to an activating group) is 1. The summed E-state index contributed by atoms with van der Waals surface area (Å²) in [7, 11) is 4.09. The monoisotopic (exact) mass is 793 g/mol. The number of nitrogens with one attached hydrogen (secondary N) is 1. The van der Waals surface area contributed by atoms with Gasteiger partial charge >= 0.3 is 6.03 Å². The zero-order valence-corrected chi connectivity index (χ0v) is 35.3. The quantitative estimate of drug-likeness (QED) is 0.102. The number of carbonyl (C=O) groups excluding carboxylic acids is 2. The number of ether oxygens (including phenoxy) is 5. The van der Waals surface area contributed by atoms with Crippen molar-refractivity contribution in [1.82, 2.24) is 15.1 Å². The average molecular weight is 794 g/mol. The Hall–Kier alpha value is -4.98. The Balaban J connectivity index is 1.39. The molecule has 5 atom stereocenters. The van der Waals surface area contributed by atoms with E-state index in [-0.39, 0.29) is 23.6 Å². The van der Waals surface area contributed by atoms with Crippen molar-refractivity contribution in [2.75, 3.05) is 35.0 Å². The summed E-state index contributed by atoms with van der Waals surface area (Å²) < 4.78 is 38.7. The largest absolute Gasteiger partial charge is 0.497 e. The van der Waals surface area contributed by atoms with E-state index in [0.717, 1.165) is 16.7 Å². The van der Waals surface area contributed by atoms with Gasteiger partial charge in [0.05, 0.1) is 20.8 Å². The van der Waals surface area contributed by atoms with E-state index in [1.165, 1.54) is 9.80 Å². The number of carbonyl (C=O) groups is 2. The number of methoxy groups -OCH3 is 3. The molecule has 302 valence electrons. The number of nitrogens with zero attached hydrogens (tertiary/aromatic N) is 2. The second-order valence-corrected chi connectivity index (χ2v) is 20.6. The van der Waals surface area contributed by atoms with E-state index in [4.69, 9.17) is 28.1 Å². The number of benzene rings is 4. The van der Waals surface area contributed by atoms with Crippen LogP contribution >= 0.6 is 0 Å². The number of hydrogen-bond acceptors (Lipinski definition) is 8. The molecule has 6 rings (SSSR count). The summed E-state index contributed by atoms with van der Waals surface area (Å²) in [5, 5.41) is 2.80. The predicted molar refractivity (Wildman–Crippen MR) is 222 cm³/mol. The van der Waals surface area contributed by atoms with Crippen LogP contribution in [0.5, 0.6) is 11.5 Å². The van der Waals surface area contributed by atoms with Gasteiger partial charge in [-0.15, -0.1) is 0 Å². The van der Waals surface area contributed by atoms with Gasteiger partial charge in [0.2, 0.25) is 0 Å². The Kier molecular flexibility index (Phi) is 12.6.